The van der Waals surface area contributed by atoms with Crippen molar-refractivity contribution >= 4 is 27.3 Å². The number of halogens is 1. The third kappa shape index (κ3) is 2.70. The lowest BCUT2D eigenvalue weighted by Gasteiger charge is -1.97. The summed E-state index contributed by atoms with van der Waals surface area (Å²) in [4.78, 5) is 2.85. The van der Waals surface area contributed by atoms with Crippen molar-refractivity contribution in [3.05, 3.63) is 45.7 Å². The third-order valence-electron chi connectivity index (χ3n) is 2.29. The Labute approximate surface area is 103 Å². The maximum Gasteiger partial charge on any atom is 0.0345 e. The van der Waals surface area contributed by atoms with Crippen molar-refractivity contribution in [3.63, 3.8) is 0 Å². The maximum absolute atomic E-state index is 3.45. The summed E-state index contributed by atoms with van der Waals surface area (Å²) in [5, 5.41) is 0. The SMILES string of the molecule is CCCc1ccc(-c2ccc(Br)cc2)s1. The summed E-state index contributed by atoms with van der Waals surface area (Å²) in [5.41, 5.74) is 1.31. The molecule has 0 amide bonds. The van der Waals surface area contributed by atoms with Gasteiger partial charge in [0.1, 0.15) is 0 Å². The predicted molar refractivity (Wildman–Crippen MR) is 71.5 cm³/mol. The molecule has 15 heavy (non-hydrogen) atoms. The van der Waals surface area contributed by atoms with Gasteiger partial charge >= 0.3 is 0 Å². The highest BCUT2D eigenvalue weighted by Crippen LogP contribution is 2.29. The van der Waals surface area contributed by atoms with Crippen LogP contribution in [0.4, 0.5) is 0 Å². The van der Waals surface area contributed by atoms with Gasteiger partial charge in [0.25, 0.3) is 0 Å². The minimum Gasteiger partial charge on any atom is -0.140 e. The molecule has 2 aromatic rings. The van der Waals surface area contributed by atoms with Crippen LogP contribution in [0.25, 0.3) is 10.4 Å². The minimum atomic E-state index is 1.14. The fraction of sp³-hybridized carbons (Fsp3) is 0.231. The van der Waals surface area contributed by atoms with E-state index in [-0.39, 0.29) is 0 Å². The first-order valence-electron chi connectivity index (χ1n) is 5.14. The summed E-state index contributed by atoms with van der Waals surface area (Å²) in [7, 11) is 0. The lowest BCUT2D eigenvalue weighted by molar-refractivity contribution is 0.940. The smallest absolute Gasteiger partial charge is 0.0345 e. The first-order valence-corrected chi connectivity index (χ1v) is 6.75. The Kier molecular flexibility index (Phi) is 3.60. The normalized spacial score (nSPS) is 10.5. The molecule has 0 atom stereocenters. The first kappa shape index (κ1) is 10.9. The summed E-state index contributed by atoms with van der Waals surface area (Å²) in [6.45, 7) is 2.22. The van der Waals surface area contributed by atoms with E-state index in [1.807, 2.05) is 11.3 Å². The number of rotatable bonds is 3. The highest BCUT2D eigenvalue weighted by atomic mass is 79.9. The van der Waals surface area contributed by atoms with Crippen LogP contribution in [0.2, 0.25) is 0 Å². The van der Waals surface area contributed by atoms with Gasteiger partial charge in [0.05, 0.1) is 0 Å². The van der Waals surface area contributed by atoms with E-state index in [1.54, 1.807) is 0 Å². The molecule has 1 aromatic carbocycles. The van der Waals surface area contributed by atoms with E-state index in [0.717, 1.165) is 4.47 Å². The molecule has 1 aromatic heterocycles. The van der Waals surface area contributed by atoms with Crippen molar-refractivity contribution in [2.45, 2.75) is 19.8 Å². The van der Waals surface area contributed by atoms with E-state index >= 15 is 0 Å². The van der Waals surface area contributed by atoms with Crippen LogP contribution < -0.4 is 0 Å². The number of benzene rings is 1. The van der Waals surface area contributed by atoms with Crippen molar-refractivity contribution in [3.8, 4) is 10.4 Å². The Balaban J connectivity index is 2.25. The van der Waals surface area contributed by atoms with Crippen LogP contribution in [0.3, 0.4) is 0 Å². The molecule has 0 radical (unpaired) electrons. The Morgan fingerprint density at radius 3 is 2.47 bits per heavy atom. The van der Waals surface area contributed by atoms with Crippen molar-refractivity contribution in [2.24, 2.45) is 0 Å². The molecule has 0 aliphatic rings. The van der Waals surface area contributed by atoms with Crippen molar-refractivity contribution in [1.82, 2.24) is 0 Å². The topological polar surface area (TPSA) is 0 Å². The van der Waals surface area contributed by atoms with Gasteiger partial charge in [0.2, 0.25) is 0 Å². The zero-order valence-electron chi connectivity index (χ0n) is 8.66. The van der Waals surface area contributed by atoms with Crippen LogP contribution >= 0.6 is 27.3 Å². The van der Waals surface area contributed by atoms with E-state index in [2.05, 4.69) is 59.3 Å². The molecule has 78 valence electrons. The molecule has 0 unspecified atom stereocenters. The lowest BCUT2D eigenvalue weighted by Crippen LogP contribution is -1.72. The summed E-state index contributed by atoms with van der Waals surface area (Å²) in [5.74, 6) is 0. The van der Waals surface area contributed by atoms with E-state index in [4.69, 9.17) is 0 Å². The zero-order valence-corrected chi connectivity index (χ0v) is 11.1. The molecule has 0 N–H and O–H groups in total. The molecule has 0 bridgehead atoms. The molecule has 0 aliphatic heterocycles. The van der Waals surface area contributed by atoms with Crippen LogP contribution in [0.5, 0.6) is 0 Å². The Morgan fingerprint density at radius 2 is 1.80 bits per heavy atom. The fourth-order valence-electron chi connectivity index (χ4n) is 1.53. The van der Waals surface area contributed by atoms with Crippen LogP contribution in [-0.4, -0.2) is 0 Å². The monoisotopic (exact) mass is 280 g/mol. The number of aryl methyl sites for hydroxylation is 1. The van der Waals surface area contributed by atoms with Crippen LogP contribution in [-0.2, 0) is 6.42 Å². The first-order chi connectivity index (χ1) is 7.29. The summed E-state index contributed by atoms with van der Waals surface area (Å²) in [6.07, 6.45) is 2.42. The van der Waals surface area contributed by atoms with Gasteiger partial charge in [-0.05, 0) is 36.2 Å². The Bertz CT molecular complexity index is 428. The van der Waals surface area contributed by atoms with E-state index in [1.165, 1.54) is 28.2 Å². The molecule has 0 spiro atoms. The summed E-state index contributed by atoms with van der Waals surface area (Å²) >= 11 is 5.35. The predicted octanol–water partition coefficient (Wildman–Crippen LogP) is 5.13. The Morgan fingerprint density at radius 1 is 1.07 bits per heavy atom. The second-order valence-corrected chi connectivity index (χ2v) is 5.61. The molecule has 2 rings (SSSR count). The van der Waals surface area contributed by atoms with Gasteiger partial charge in [0.15, 0.2) is 0 Å². The molecule has 0 nitrogen and oxygen atoms in total. The third-order valence-corrected chi connectivity index (χ3v) is 4.01. The van der Waals surface area contributed by atoms with E-state index < -0.39 is 0 Å². The largest absolute Gasteiger partial charge is 0.140 e. The maximum atomic E-state index is 3.45. The molecule has 2 heteroatoms. The molecule has 0 saturated carbocycles. The number of thiophene rings is 1. The van der Waals surface area contributed by atoms with Crippen LogP contribution in [0.1, 0.15) is 18.2 Å². The van der Waals surface area contributed by atoms with Gasteiger partial charge in [-0.15, -0.1) is 11.3 Å². The van der Waals surface area contributed by atoms with Gasteiger partial charge < -0.3 is 0 Å². The lowest BCUT2D eigenvalue weighted by atomic mass is 10.2. The Hall–Kier alpha value is -0.600. The van der Waals surface area contributed by atoms with Gasteiger partial charge in [-0.25, -0.2) is 0 Å². The van der Waals surface area contributed by atoms with Gasteiger partial charge in [-0.3, -0.25) is 0 Å². The highest BCUT2D eigenvalue weighted by Gasteiger charge is 2.01. The van der Waals surface area contributed by atoms with Crippen molar-refractivity contribution in [2.75, 3.05) is 0 Å². The second kappa shape index (κ2) is 4.95. The van der Waals surface area contributed by atoms with Crippen LogP contribution in [0.15, 0.2) is 40.9 Å². The minimum absolute atomic E-state index is 1.14. The number of hydrogen-bond donors (Lipinski definition) is 0. The fourth-order valence-corrected chi connectivity index (χ4v) is 2.91. The molecule has 0 aliphatic carbocycles. The van der Waals surface area contributed by atoms with Gasteiger partial charge in [-0.2, -0.15) is 0 Å². The molecule has 1 heterocycles. The molecule has 0 saturated heterocycles. The van der Waals surface area contributed by atoms with Gasteiger partial charge in [0, 0.05) is 14.2 Å². The summed E-state index contributed by atoms with van der Waals surface area (Å²) < 4.78 is 1.14. The quantitative estimate of drug-likeness (QED) is 0.731. The number of hydrogen-bond acceptors (Lipinski definition) is 1. The van der Waals surface area contributed by atoms with Crippen LogP contribution in [0, 0.1) is 0 Å². The average Bonchev–Trinajstić information content (AvgIpc) is 2.68. The zero-order chi connectivity index (χ0) is 10.7. The highest BCUT2D eigenvalue weighted by molar-refractivity contribution is 9.10. The van der Waals surface area contributed by atoms with Gasteiger partial charge in [-0.1, -0.05) is 41.4 Å². The van der Waals surface area contributed by atoms with E-state index in [0.29, 0.717) is 0 Å². The molecular weight excluding hydrogens is 268 g/mol. The summed E-state index contributed by atoms with van der Waals surface area (Å²) in [6, 6.07) is 13.0. The molecule has 0 fully saturated rings. The second-order valence-electron chi connectivity index (χ2n) is 3.52. The van der Waals surface area contributed by atoms with Crippen molar-refractivity contribution < 1.29 is 0 Å². The molecular formula is C13H13BrS. The van der Waals surface area contributed by atoms with E-state index in [9.17, 15) is 0 Å². The average molecular weight is 281 g/mol. The van der Waals surface area contributed by atoms with Crippen molar-refractivity contribution in [1.29, 1.82) is 0 Å². The standard InChI is InChI=1S/C13H13BrS/c1-2-3-12-8-9-13(15-12)10-4-6-11(14)7-5-10/h4-9H,2-3H2,1H3.